The summed E-state index contributed by atoms with van der Waals surface area (Å²) in [5.74, 6) is -0.519. The molecule has 27 heavy (non-hydrogen) atoms. The molecule has 0 spiro atoms. The van der Waals surface area contributed by atoms with Crippen molar-refractivity contribution in [1.82, 2.24) is 5.32 Å². The van der Waals surface area contributed by atoms with Crippen molar-refractivity contribution >= 4 is 24.7 Å². The SMILES string of the molecule is CC(C)(C)OC(=O)NC(Cc1cccc(S)c1)C(=O)OCc1ccccc1. The van der Waals surface area contributed by atoms with Crippen LogP contribution < -0.4 is 5.32 Å². The van der Waals surface area contributed by atoms with Crippen molar-refractivity contribution in [3.63, 3.8) is 0 Å². The second-order valence-corrected chi connectivity index (χ2v) is 7.68. The highest BCUT2D eigenvalue weighted by molar-refractivity contribution is 7.80. The van der Waals surface area contributed by atoms with Crippen LogP contribution in [0.3, 0.4) is 0 Å². The van der Waals surface area contributed by atoms with Crippen LogP contribution in [0.1, 0.15) is 31.9 Å². The molecule has 0 aliphatic rings. The Bertz CT molecular complexity index is 771. The molecule has 0 fully saturated rings. The molecular formula is C21H25NO4S. The first-order valence-corrected chi connectivity index (χ1v) is 9.15. The van der Waals surface area contributed by atoms with Crippen molar-refractivity contribution in [2.24, 2.45) is 0 Å². The van der Waals surface area contributed by atoms with Crippen molar-refractivity contribution in [3.8, 4) is 0 Å². The molecule has 1 unspecified atom stereocenters. The van der Waals surface area contributed by atoms with E-state index in [1.54, 1.807) is 20.8 Å². The summed E-state index contributed by atoms with van der Waals surface area (Å²) in [7, 11) is 0. The molecule has 0 aliphatic carbocycles. The topological polar surface area (TPSA) is 64.6 Å². The molecule has 0 radical (unpaired) electrons. The lowest BCUT2D eigenvalue weighted by atomic mass is 10.1. The number of carbonyl (C=O) groups excluding carboxylic acids is 2. The zero-order valence-corrected chi connectivity index (χ0v) is 16.7. The van der Waals surface area contributed by atoms with E-state index in [1.807, 2.05) is 54.6 Å². The van der Waals surface area contributed by atoms with Gasteiger partial charge in [0, 0.05) is 11.3 Å². The van der Waals surface area contributed by atoms with Crippen LogP contribution in [0.15, 0.2) is 59.5 Å². The van der Waals surface area contributed by atoms with E-state index in [0.717, 1.165) is 16.0 Å². The Balaban J connectivity index is 2.07. The molecule has 0 saturated carbocycles. The van der Waals surface area contributed by atoms with Gasteiger partial charge in [-0.05, 0) is 44.0 Å². The van der Waals surface area contributed by atoms with Gasteiger partial charge < -0.3 is 14.8 Å². The number of hydrogen-bond acceptors (Lipinski definition) is 5. The zero-order valence-electron chi connectivity index (χ0n) is 15.8. The second kappa shape index (κ2) is 9.46. The molecule has 1 atom stereocenters. The monoisotopic (exact) mass is 387 g/mol. The van der Waals surface area contributed by atoms with Gasteiger partial charge in [-0.25, -0.2) is 9.59 Å². The van der Waals surface area contributed by atoms with Gasteiger partial charge in [0.05, 0.1) is 0 Å². The Kier molecular flexibility index (Phi) is 7.30. The van der Waals surface area contributed by atoms with Crippen LogP contribution in [0.2, 0.25) is 0 Å². The van der Waals surface area contributed by atoms with E-state index in [9.17, 15) is 9.59 Å². The summed E-state index contributed by atoms with van der Waals surface area (Å²) < 4.78 is 10.7. The van der Waals surface area contributed by atoms with Crippen LogP contribution >= 0.6 is 12.6 Å². The number of hydrogen-bond donors (Lipinski definition) is 2. The van der Waals surface area contributed by atoms with Gasteiger partial charge in [-0.1, -0.05) is 42.5 Å². The summed E-state index contributed by atoms with van der Waals surface area (Å²) in [6.07, 6.45) is -0.382. The molecule has 0 saturated heterocycles. The van der Waals surface area contributed by atoms with E-state index in [4.69, 9.17) is 9.47 Å². The third-order valence-corrected chi connectivity index (χ3v) is 3.83. The summed E-state index contributed by atoms with van der Waals surface area (Å²) in [5.41, 5.74) is 1.08. The number of ether oxygens (including phenoxy) is 2. The van der Waals surface area contributed by atoms with Crippen LogP contribution in [0.5, 0.6) is 0 Å². The molecule has 0 heterocycles. The number of nitrogens with one attached hydrogen (secondary N) is 1. The van der Waals surface area contributed by atoms with Gasteiger partial charge in [0.1, 0.15) is 18.2 Å². The molecule has 6 heteroatoms. The normalized spacial score (nSPS) is 12.1. The molecule has 0 aliphatic heterocycles. The quantitative estimate of drug-likeness (QED) is 0.577. The van der Waals surface area contributed by atoms with Gasteiger partial charge in [0.25, 0.3) is 0 Å². The van der Waals surface area contributed by atoms with Crippen molar-refractivity contribution in [2.75, 3.05) is 0 Å². The van der Waals surface area contributed by atoms with Gasteiger partial charge in [0.2, 0.25) is 0 Å². The summed E-state index contributed by atoms with van der Waals surface area (Å²) in [6, 6.07) is 15.9. The van der Waals surface area contributed by atoms with Crippen LogP contribution in [0.25, 0.3) is 0 Å². The average molecular weight is 388 g/mol. The Morgan fingerprint density at radius 3 is 2.33 bits per heavy atom. The van der Waals surface area contributed by atoms with E-state index >= 15 is 0 Å². The maximum absolute atomic E-state index is 12.6. The Hall–Kier alpha value is -2.47. The molecule has 0 aromatic heterocycles. The highest BCUT2D eigenvalue weighted by Gasteiger charge is 2.26. The number of amides is 1. The Labute approximate surface area is 165 Å². The summed E-state index contributed by atoms with van der Waals surface area (Å²) >= 11 is 4.32. The number of alkyl carbamates (subject to hydrolysis) is 1. The minimum absolute atomic E-state index is 0.138. The third-order valence-electron chi connectivity index (χ3n) is 3.55. The molecule has 2 aromatic rings. The molecule has 5 nitrogen and oxygen atoms in total. The van der Waals surface area contributed by atoms with E-state index in [1.165, 1.54) is 0 Å². The lowest BCUT2D eigenvalue weighted by Gasteiger charge is -2.23. The largest absolute Gasteiger partial charge is 0.459 e. The fourth-order valence-electron chi connectivity index (χ4n) is 2.39. The Morgan fingerprint density at radius 2 is 1.70 bits per heavy atom. The van der Waals surface area contributed by atoms with Crippen molar-refractivity contribution in [3.05, 3.63) is 65.7 Å². The Morgan fingerprint density at radius 1 is 1.04 bits per heavy atom. The second-order valence-electron chi connectivity index (χ2n) is 7.17. The summed E-state index contributed by atoms with van der Waals surface area (Å²) in [4.78, 5) is 25.5. The zero-order chi connectivity index (χ0) is 19.9. The molecule has 2 rings (SSSR count). The fraction of sp³-hybridized carbons (Fsp3) is 0.333. The number of carbonyl (C=O) groups is 2. The summed E-state index contributed by atoms with van der Waals surface area (Å²) in [5, 5.41) is 2.62. The smallest absolute Gasteiger partial charge is 0.408 e. The molecule has 2 aromatic carbocycles. The standard InChI is InChI=1S/C21H25NO4S/c1-21(2,3)26-20(24)22-18(13-16-10-7-11-17(27)12-16)19(23)25-14-15-8-5-4-6-9-15/h4-12,18,27H,13-14H2,1-3H3,(H,22,24). The highest BCUT2D eigenvalue weighted by Crippen LogP contribution is 2.13. The van der Waals surface area contributed by atoms with Gasteiger partial charge in [-0.3, -0.25) is 0 Å². The van der Waals surface area contributed by atoms with Gasteiger partial charge >= 0.3 is 12.1 Å². The maximum Gasteiger partial charge on any atom is 0.408 e. The number of esters is 1. The summed E-state index contributed by atoms with van der Waals surface area (Å²) in [6.45, 7) is 5.43. The average Bonchev–Trinajstić information content (AvgIpc) is 2.58. The molecule has 0 bridgehead atoms. The van der Waals surface area contributed by atoms with E-state index < -0.39 is 23.7 Å². The molecular weight excluding hydrogens is 362 g/mol. The van der Waals surface area contributed by atoms with Crippen molar-refractivity contribution in [1.29, 1.82) is 0 Å². The maximum atomic E-state index is 12.6. The highest BCUT2D eigenvalue weighted by atomic mass is 32.1. The van der Waals surface area contributed by atoms with Crippen molar-refractivity contribution < 1.29 is 19.1 Å². The third kappa shape index (κ3) is 7.74. The number of rotatable bonds is 6. The van der Waals surface area contributed by atoms with Gasteiger partial charge in [-0.2, -0.15) is 0 Å². The number of thiol groups is 1. The number of benzene rings is 2. The predicted molar refractivity (Wildman–Crippen MR) is 107 cm³/mol. The first kappa shape index (κ1) is 20.8. The van der Waals surface area contributed by atoms with Gasteiger partial charge in [0.15, 0.2) is 0 Å². The van der Waals surface area contributed by atoms with E-state index in [2.05, 4.69) is 17.9 Å². The minimum atomic E-state index is -0.862. The molecule has 1 amide bonds. The van der Waals surface area contributed by atoms with Crippen LogP contribution in [-0.2, 0) is 27.3 Å². The molecule has 1 N–H and O–H groups in total. The van der Waals surface area contributed by atoms with Crippen LogP contribution in [-0.4, -0.2) is 23.7 Å². The van der Waals surface area contributed by atoms with E-state index in [-0.39, 0.29) is 13.0 Å². The minimum Gasteiger partial charge on any atom is -0.459 e. The van der Waals surface area contributed by atoms with Gasteiger partial charge in [-0.15, -0.1) is 12.6 Å². The fourth-order valence-corrected chi connectivity index (χ4v) is 2.64. The lowest BCUT2D eigenvalue weighted by molar-refractivity contribution is -0.147. The van der Waals surface area contributed by atoms with Crippen LogP contribution in [0.4, 0.5) is 4.79 Å². The predicted octanol–water partition coefficient (Wildman–Crippen LogP) is 4.15. The lowest BCUT2D eigenvalue weighted by Crippen LogP contribution is -2.45. The molecule has 144 valence electrons. The first-order chi connectivity index (χ1) is 12.7. The van der Waals surface area contributed by atoms with Crippen molar-refractivity contribution in [2.45, 2.75) is 50.3 Å². The first-order valence-electron chi connectivity index (χ1n) is 8.71. The van der Waals surface area contributed by atoms with Crippen LogP contribution in [0, 0.1) is 0 Å². The van der Waals surface area contributed by atoms with E-state index in [0.29, 0.717) is 0 Å².